The van der Waals surface area contributed by atoms with Crippen molar-refractivity contribution in [3.63, 3.8) is 0 Å². The molecule has 7 heteroatoms. The minimum absolute atomic E-state index is 0.0435. The number of carbonyl (C=O) groups is 1. The number of nitrogens with zero attached hydrogens (tertiary/aromatic N) is 1. The van der Waals surface area contributed by atoms with Crippen LogP contribution >= 0.6 is 11.3 Å². The van der Waals surface area contributed by atoms with E-state index < -0.39 is 12.6 Å². The molecular weight excluding hydrogens is 301 g/mol. The van der Waals surface area contributed by atoms with Gasteiger partial charge in [-0.15, -0.1) is 11.3 Å². The highest BCUT2D eigenvalue weighted by atomic mass is 32.1. The number of nitrogens with one attached hydrogen (secondary N) is 1. The highest BCUT2D eigenvalue weighted by Gasteiger charge is 2.37. The van der Waals surface area contributed by atoms with Crippen molar-refractivity contribution in [1.82, 2.24) is 10.2 Å². The maximum absolute atomic E-state index is 12.1. The first-order valence-corrected chi connectivity index (χ1v) is 7.79. The zero-order chi connectivity index (χ0) is 15.6. The van der Waals surface area contributed by atoms with Crippen molar-refractivity contribution in [2.24, 2.45) is 0 Å². The number of rotatable bonds is 5. The van der Waals surface area contributed by atoms with E-state index in [2.05, 4.69) is 5.32 Å². The van der Waals surface area contributed by atoms with Crippen LogP contribution in [0.3, 0.4) is 0 Å². The van der Waals surface area contributed by atoms with Crippen LogP contribution in [0.2, 0.25) is 0 Å². The maximum atomic E-state index is 12.1. The molecule has 1 aromatic rings. The minimum atomic E-state index is -4.12. The lowest BCUT2D eigenvalue weighted by atomic mass is 10.2. The van der Waals surface area contributed by atoms with Gasteiger partial charge in [-0.1, -0.05) is 0 Å². The van der Waals surface area contributed by atoms with Gasteiger partial charge < -0.3 is 4.90 Å². The smallest absolute Gasteiger partial charge is 0.321 e. The van der Waals surface area contributed by atoms with Gasteiger partial charge in [-0.3, -0.25) is 10.1 Å². The highest BCUT2D eigenvalue weighted by Crippen LogP contribution is 2.31. The van der Waals surface area contributed by atoms with Crippen molar-refractivity contribution in [3.8, 4) is 0 Å². The molecule has 3 nitrogen and oxygen atoms in total. The molecule has 21 heavy (non-hydrogen) atoms. The van der Waals surface area contributed by atoms with Crippen molar-refractivity contribution in [2.45, 2.75) is 51.5 Å². The fourth-order valence-corrected chi connectivity index (χ4v) is 3.41. The molecule has 0 spiro atoms. The third-order valence-electron chi connectivity index (χ3n) is 3.51. The standard InChI is InChI=1S/C14H19F3N2OS/c1-9-5-6-11(21-9)12-18-10(2)13(20)19(12)8-4-3-7-14(15,16)17/h5-6,10,12,18H,3-4,7-8H2,1-2H3. The van der Waals surface area contributed by atoms with E-state index in [1.165, 1.54) is 0 Å². The summed E-state index contributed by atoms with van der Waals surface area (Å²) in [5, 5.41) is 3.21. The summed E-state index contributed by atoms with van der Waals surface area (Å²) in [4.78, 5) is 16.0. The van der Waals surface area contributed by atoms with Crippen molar-refractivity contribution >= 4 is 17.2 Å². The molecule has 2 unspecified atom stereocenters. The Morgan fingerprint density at radius 3 is 2.62 bits per heavy atom. The van der Waals surface area contributed by atoms with Crippen LogP contribution in [0.1, 0.15) is 42.1 Å². The van der Waals surface area contributed by atoms with Gasteiger partial charge in [0.1, 0.15) is 6.17 Å². The molecule has 0 saturated carbocycles. The third-order valence-corrected chi connectivity index (χ3v) is 4.57. The summed E-state index contributed by atoms with van der Waals surface area (Å²) in [7, 11) is 0. The van der Waals surface area contributed by atoms with Gasteiger partial charge in [0, 0.05) is 22.7 Å². The fraction of sp³-hybridized carbons (Fsp3) is 0.643. The number of hydrogen-bond donors (Lipinski definition) is 1. The van der Waals surface area contributed by atoms with Crippen LogP contribution in [-0.2, 0) is 4.79 Å². The first kappa shape index (κ1) is 16.3. The number of unbranched alkanes of at least 4 members (excludes halogenated alkanes) is 1. The lowest BCUT2D eigenvalue weighted by molar-refractivity contribution is -0.136. The Morgan fingerprint density at radius 1 is 1.33 bits per heavy atom. The van der Waals surface area contributed by atoms with Crippen molar-refractivity contribution in [2.75, 3.05) is 6.54 Å². The van der Waals surface area contributed by atoms with Gasteiger partial charge in [-0.05, 0) is 38.8 Å². The lowest BCUT2D eigenvalue weighted by Gasteiger charge is -2.23. The zero-order valence-corrected chi connectivity index (χ0v) is 12.9. The number of alkyl halides is 3. The van der Waals surface area contributed by atoms with Gasteiger partial charge in [0.2, 0.25) is 5.91 Å². The Hall–Kier alpha value is -1.08. The largest absolute Gasteiger partial charge is 0.389 e. The molecule has 1 N–H and O–H groups in total. The summed E-state index contributed by atoms with van der Waals surface area (Å²) in [5.41, 5.74) is 0. The van der Waals surface area contributed by atoms with Crippen LogP contribution < -0.4 is 5.32 Å². The average Bonchev–Trinajstić information content (AvgIpc) is 2.91. The Balaban J connectivity index is 1.96. The van der Waals surface area contributed by atoms with Crippen LogP contribution in [0, 0.1) is 6.92 Å². The molecule has 0 aromatic carbocycles. The second-order valence-corrected chi connectivity index (χ2v) is 6.66. The quantitative estimate of drug-likeness (QED) is 0.841. The van der Waals surface area contributed by atoms with Crippen LogP contribution in [0.15, 0.2) is 12.1 Å². The number of thiophene rings is 1. The number of halogens is 3. The molecule has 2 atom stereocenters. The molecule has 118 valence electrons. The Kier molecular flexibility index (Phi) is 4.93. The second-order valence-electron chi connectivity index (χ2n) is 5.34. The monoisotopic (exact) mass is 320 g/mol. The molecule has 1 aliphatic rings. The van der Waals surface area contributed by atoms with Crippen molar-refractivity contribution < 1.29 is 18.0 Å². The van der Waals surface area contributed by atoms with E-state index in [0.29, 0.717) is 13.0 Å². The number of aryl methyl sites for hydroxylation is 1. The van der Waals surface area contributed by atoms with E-state index in [-0.39, 0.29) is 24.5 Å². The van der Waals surface area contributed by atoms with Crippen LogP contribution in [0.4, 0.5) is 13.2 Å². The molecule has 1 aliphatic heterocycles. The fourth-order valence-electron chi connectivity index (χ4n) is 2.46. The topological polar surface area (TPSA) is 32.3 Å². The van der Waals surface area contributed by atoms with E-state index in [9.17, 15) is 18.0 Å². The summed E-state index contributed by atoms with van der Waals surface area (Å²) in [5.74, 6) is -0.0435. The molecule has 0 radical (unpaired) electrons. The van der Waals surface area contributed by atoms with Crippen LogP contribution in [0.25, 0.3) is 0 Å². The molecule has 1 aromatic heterocycles. The van der Waals surface area contributed by atoms with E-state index >= 15 is 0 Å². The maximum Gasteiger partial charge on any atom is 0.389 e. The molecule has 2 heterocycles. The molecule has 1 amide bonds. The third kappa shape index (κ3) is 4.20. The summed E-state index contributed by atoms with van der Waals surface area (Å²) in [6, 6.07) is 3.66. The summed E-state index contributed by atoms with van der Waals surface area (Å²) in [6.45, 7) is 4.13. The van der Waals surface area contributed by atoms with Gasteiger partial charge in [-0.2, -0.15) is 13.2 Å². The number of carbonyl (C=O) groups excluding carboxylic acids is 1. The predicted molar refractivity (Wildman–Crippen MR) is 76.0 cm³/mol. The molecular formula is C14H19F3N2OS. The van der Waals surface area contributed by atoms with Crippen molar-refractivity contribution in [1.29, 1.82) is 0 Å². The molecule has 0 bridgehead atoms. The van der Waals surface area contributed by atoms with Gasteiger partial charge >= 0.3 is 6.18 Å². The van der Waals surface area contributed by atoms with E-state index in [4.69, 9.17) is 0 Å². The Bertz CT molecular complexity index is 501. The SMILES string of the molecule is Cc1ccc(C2NC(C)C(=O)N2CCCCC(F)(F)F)s1. The summed E-state index contributed by atoms with van der Waals surface area (Å²) >= 11 is 1.60. The van der Waals surface area contributed by atoms with Gasteiger partial charge in [-0.25, -0.2) is 0 Å². The summed E-state index contributed by atoms with van der Waals surface area (Å²) < 4.78 is 36.4. The molecule has 1 fully saturated rings. The lowest BCUT2D eigenvalue weighted by Crippen LogP contribution is -2.31. The van der Waals surface area contributed by atoms with Gasteiger partial charge in [0.05, 0.1) is 6.04 Å². The Labute approximate surface area is 126 Å². The Morgan fingerprint density at radius 2 is 2.05 bits per heavy atom. The second kappa shape index (κ2) is 6.36. The number of hydrogen-bond acceptors (Lipinski definition) is 3. The molecule has 0 aliphatic carbocycles. The zero-order valence-electron chi connectivity index (χ0n) is 12.0. The minimum Gasteiger partial charge on any atom is -0.321 e. The van der Waals surface area contributed by atoms with E-state index in [1.54, 1.807) is 23.2 Å². The van der Waals surface area contributed by atoms with Gasteiger partial charge in [0.15, 0.2) is 0 Å². The average molecular weight is 320 g/mol. The molecule has 1 saturated heterocycles. The normalized spacial score (nSPS) is 23.1. The highest BCUT2D eigenvalue weighted by molar-refractivity contribution is 7.12. The van der Waals surface area contributed by atoms with Gasteiger partial charge in [0.25, 0.3) is 0 Å². The van der Waals surface area contributed by atoms with Crippen LogP contribution in [0.5, 0.6) is 0 Å². The number of amides is 1. The predicted octanol–water partition coefficient (Wildman–Crippen LogP) is 3.61. The summed E-state index contributed by atoms with van der Waals surface area (Å²) in [6.07, 6.45) is -4.71. The first-order valence-electron chi connectivity index (χ1n) is 6.97. The molecule has 2 rings (SSSR count). The van der Waals surface area contributed by atoms with Crippen molar-refractivity contribution in [3.05, 3.63) is 21.9 Å². The van der Waals surface area contributed by atoms with E-state index in [0.717, 1.165) is 9.75 Å². The van der Waals surface area contributed by atoms with E-state index in [1.807, 2.05) is 19.1 Å². The first-order chi connectivity index (χ1) is 9.78. The van der Waals surface area contributed by atoms with Crippen LogP contribution in [-0.4, -0.2) is 29.6 Å².